The molecule has 0 amide bonds. The van der Waals surface area contributed by atoms with E-state index in [1.165, 1.54) is 32.1 Å². The third-order valence-corrected chi connectivity index (χ3v) is 5.86. The summed E-state index contributed by atoms with van der Waals surface area (Å²) in [6.45, 7) is 9.81. The van der Waals surface area contributed by atoms with E-state index in [1.54, 1.807) is 0 Å². The van der Waals surface area contributed by atoms with Gasteiger partial charge in [0, 0.05) is 5.92 Å². The van der Waals surface area contributed by atoms with Gasteiger partial charge in [0.15, 0.2) is 0 Å². The van der Waals surface area contributed by atoms with Crippen LogP contribution in [-0.2, 0) is 0 Å². The molecule has 0 radical (unpaired) electrons. The monoisotopic (exact) mass is 232 g/mol. The summed E-state index contributed by atoms with van der Waals surface area (Å²) in [5, 5.41) is 0. The summed E-state index contributed by atoms with van der Waals surface area (Å²) < 4.78 is 0. The quantitative estimate of drug-likeness (QED) is 0.614. The predicted molar refractivity (Wildman–Crippen MR) is 75.9 cm³/mol. The zero-order valence-electron chi connectivity index (χ0n) is 12.0. The molecule has 2 aliphatic carbocycles. The predicted octanol–water partition coefficient (Wildman–Crippen LogP) is 5.36. The Morgan fingerprint density at radius 1 is 1.00 bits per heavy atom. The largest absolute Gasteiger partial charge is 0.0770 e. The molecule has 0 heteroatoms. The molecule has 0 aromatic heterocycles. The second kappa shape index (κ2) is 4.63. The van der Waals surface area contributed by atoms with Crippen molar-refractivity contribution in [2.75, 3.05) is 0 Å². The number of hydrogen-bond acceptors (Lipinski definition) is 0. The summed E-state index contributed by atoms with van der Waals surface area (Å²) in [5.41, 5.74) is 0.931. The van der Waals surface area contributed by atoms with E-state index in [2.05, 4.69) is 52.0 Å². The first-order chi connectivity index (χ1) is 8.01. The third-order valence-electron chi connectivity index (χ3n) is 5.86. The Hall–Kier alpha value is -0.520. The molecule has 0 N–H and O–H groups in total. The maximum atomic E-state index is 2.50. The van der Waals surface area contributed by atoms with Crippen LogP contribution in [0.5, 0.6) is 0 Å². The van der Waals surface area contributed by atoms with Crippen molar-refractivity contribution in [2.24, 2.45) is 22.7 Å². The lowest BCUT2D eigenvalue weighted by Crippen LogP contribution is -2.47. The Kier molecular flexibility index (Phi) is 3.52. The Balaban J connectivity index is 2.35. The van der Waals surface area contributed by atoms with Crippen LogP contribution in [0.3, 0.4) is 0 Å². The molecule has 0 nitrogen and oxygen atoms in total. The number of hydrogen-bond donors (Lipinski definition) is 0. The zero-order valence-corrected chi connectivity index (χ0v) is 12.0. The van der Waals surface area contributed by atoms with Crippen LogP contribution in [0, 0.1) is 22.7 Å². The van der Waals surface area contributed by atoms with Crippen molar-refractivity contribution in [3.8, 4) is 0 Å². The summed E-state index contributed by atoms with van der Waals surface area (Å²) >= 11 is 0. The SMILES string of the molecule is CC(C)C(C)(C)C1(C2C=CC=C2)CCCCC1. The molecule has 0 aliphatic heterocycles. The smallest absolute Gasteiger partial charge is 0.00145 e. The summed E-state index contributed by atoms with van der Waals surface area (Å²) in [6, 6.07) is 0. The molecular weight excluding hydrogens is 204 g/mol. The average molecular weight is 232 g/mol. The van der Waals surface area contributed by atoms with Gasteiger partial charge in [-0.05, 0) is 29.6 Å². The molecule has 0 aromatic carbocycles. The Labute approximate surface area is 107 Å². The van der Waals surface area contributed by atoms with E-state index < -0.39 is 0 Å². The number of rotatable bonds is 3. The molecule has 2 rings (SSSR count). The van der Waals surface area contributed by atoms with Crippen LogP contribution < -0.4 is 0 Å². The van der Waals surface area contributed by atoms with Crippen LogP contribution in [0.25, 0.3) is 0 Å². The van der Waals surface area contributed by atoms with E-state index >= 15 is 0 Å². The highest BCUT2D eigenvalue weighted by molar-refractivity contribution is 5.23. The Bertz CT molecular complexity index is 299. The third kappa shape index (κ3) is 2.00. The van der Waals surface area contributed by atoms with Crippen molar-refractivity contribution < 1.29 is 0 Å². The minimum absolute atomic E-state index is 0.428. The van der Waals surface area contributed by atoms with Gasteiger partial charge < -0.3 is 0 Å². The summed E-state index contributed by atoms with van der Waals surface area (Å²) in [5.74, 6) is 1.43. The fourth-order valence-electron chi connectivity index (χ4n) is 3.97. The molecule has 2 aliphatic rings. The van der Waals surface area contributed by atoms with Gasteiger partial charge in [0.2, 0.25) is 0 Å². The van der Waals surface area contributed by atoms with Crippen molar-refractivity contribution in [1.82, 2.24) is 0 Å². The molecule has 0 aromatic rings. The minimum atomic E-state index is 0.428. The van der Waals surface area contributed by atoms with E-state index in [1.807, 2.05) is 0 Å². The van der Waals surface area contributed by atoms with Crippen molar-refractivity contribution in [3.05, 3.63) is 24.3 Å². The molecule has 17 heavy (non-hydrogen) atoms. The molecule has 1 saturated carbocycles. The second-order valence-corrected chi connectivity index (χ2v) is 6.89. The minimum Gasteiger partial charge on any atom is -0.0770 e. The fourth-order valence-corrected chi connectivity index (χ4v) is 3.97. The van der Waals surface area contributed by atoms with Gasteiger partial charge in [-0.3, -0.25) is 0 Å². The average Bonchev–Trinajstić information content (AvgIpc) is 2.83. The lowest BCUT2D eigenvalue weighted by atomic mass is 9.50. The van der Waals surface area contributed by atoms with E-state index in [-0.39, 0.29) is 0 Å². The van der Waals surface area contributed by atoms with Gasteiger partial charge in [0.25, 0.3) is 0 Å². The van der Waals surface area contributed by atoms with Crippen molar-refractivity contribution >= 4 is 0 Å². The van der Waals surface area contributed by atoms with E-state index in [0.29, 0.717) is 16.7 Å². The molecular formula is C17H28. The first-order valence-corrected chi connectivity index (χ1v) is 7.36. The van der Waals surface area contributed by atoms with Gasteiger partial charge >= 0.3 is 0 Å². The lowest BCUT2D eigenvalue weighted by molar-refractivity contribution is -0.0338. The maximum Gasteiger partial charge on any atom is 0.00145 e. The molecule has 96 valence electrons. The van der Waals surface area contributed by atoms with Gasteiger partial charge in [0.1, 0.15) is 0 Å². The van der Waals surface area contributed by atoms with E-state index in [0.717, 1.165) is 5.92 Å². The van der Waals surface area contributed by atoms with E-state index in [9.17, 15) is 0 Å². The van der Waals surface area contributed by atoms with Gasteiger partial charge in [-0.2, -0.15) is 0 Å². The van der Waals surface area contributed by atoms with Crippen LogP contribution in [0.15, 0.2) is 24.3 Å². The molecule has 0 atom stereocenters. The first kappa shape index (κ1) is 12.9. The normalized spacial score (nSPS) is 24.8. The molecule has 0 saturated heterocycles. The first-order valence-electron chi connectivity index (χ1n) is 7.36. The van der Waals surface area contributed by atoms with Crippen LogP contribution >= 0.6 is 0 Å². The van der Waals surface area contributed by atoms with Crippen LogP contribution in [0.1, 0.15) is 59.8 Å². The highest BCUT2D eigenvalue weighted by Crippen LogP contribution is 2.58. The fraction of sp³-hybridized carbons (Fsp3) is 0.765. The topological polar surface area (TPSA) is 0 Å². The van der Waals surface area contributed by atoms with Gasteiger partial charge in [-0.15, -0.1) is 0 Å². The van der Waals surface area contributed by atoms with Crippen LogP contribution in [0.4, 0.5) is 0 Å². The number of allylic oxidation sites excluding steroid dienone is 4. The molecule has 0 spiro atoms. The molecule has 0 bridgehead atoms. The Morgan fingerprint density at radius 3 is 2.00 bits per heavy atom. The van der Waals surface area contributed by atoms with Crippen molar-refractivity contribution in [3.63, 3.8) is 0 Å². The molecule has 0 heterocycles. The standard InChI is InChI=1S/C17H28/c1-14(2)16(3,4)17(12-8-5-9-13-17)15-10-6-7-11-15/h6-7,10-11,14-15H,5,8-9,12-13H2,1-4H3. The molecule has 0 unspecified atom stereocenters. The Morgan fingerprint density at radius 2 is 1.53 bits per heavy atom. The zero-order chi connectivity index (χ0) is 12.5. The van der Waals surface area contributed by atoms with Crippen LogP contribution in [0.2, 0.25) is 0 Å². The summed E-state index contributed by atoms with van der Waals surface area (Å²) in [7, 11) is 0. The highest BCUT2D eigenvalue weighted by atomic mass is 14.5. The van der Waals surface area contributed by atoms with Gasteiger partial charge in [-0.25, -0.2) is 0 Å². The molecule has 1 fully saturated rings. The van der Waals surface area contributed by atoms with Crippen molar-refractivity contribution in [1.29, 1.82) is 0 Å². The second-order valence-electron chi connectivity index (χ2n) is 6.89. The lowest BCUT2D eigenvalue weighted by Gasteiger charge is -2.54. The van der Waals surface area contributed by atoms with Gasteiger partial charge in [-0.1, -0.05) is 71.3 Å². The van der Waals surface area contributed by atoms with Gasteiger partial charge in [0.05, 0.1) is 0 Å². The highest BCUT2D eigenvalue weighted by Gasteiger charge is 2.50. The van der Waals surface area contributed by atoms with Crippen LogP contribution in [-0.4, -0.2) is 0 Å². The van der Waals surface area contributed by atoms with E-state index in [4.69, 9.17) is 0 Å². The summed E-state index contributed by atoms with van der Waals surface area (Å²) in [4.78, 5) is 0. The maximum absolute atomic E-state index is 2.50. The van der Waals surface area contributed by atoms with Crippen molar-refractivity contribution in [2.45, 2.75) is 59.8 Å². The summed E-state index contributed by atoms with van der Waals surface area (Å²) in [6.07, 6.45) is 16.5.